The number of halogens is 1. The maximum Gasteiger partial charge on any atom is 0.276 e. The van der Waals surface area contributed by atoms with E-state index < -0.39 is 17.6 Å². The summed E-state index contributed by atoms with van der Waals surface area (Å²) >= 11 is 0. The zero-order chi connectivity index (χ0) is 20.7. The monoisotopic (exact) mass is 392 g/mol. The van der Waals surface area contributed by atoms with Crippen LogP contribution < -0.4 is 11.1 Å². The minimum atomic E-state index is -0.760. The van der Waals surface area contributed by atoms with Crippen molar-refractivity contribution in [3.63, 3.8) is 0 Å². The Labute approximate surface area is 167 Å². The highest BCUT2D eigenvalue weighted by molar-refractivity contribution is 6.05. The van der Waals surface area contributed by atoms with Crippen molar-refractivity contribution in [3.05, 3.63) is 75.9 Å². The molecule has 2 amide bonds. The Morgan fingerprint density at radius 2 is 1.86 bits per heavy atom. The van der Waals surface area contributed by atoms with Crippen molar-refractivity contribution >= 4 is 17.5 Å². The first-order valence-electron chi connectivity index (χ1n) is 9.44. The van der Waals surface area contributed by atoms with Crippen molar-refractivity contribution in [1.29, 1.82) is 0 Å². The maximum atomic E-state index is 14.2. The number of nitrogens with one attached hydrogen (secondary N) is 1. The largest absolute Gasteiger partial charge is 0.366 e. The van der Waals surface area contributed by atoms with E-state index in [0.29, 0.717) is 5.69 Å². The van der Waals surface area contributed by atoms with Crippen LogP contribution in [0.5, 0.6) is 0 Å². The summed E-state index contributed by atoms with van der Waals surface area (Å²) in [6.45, 7) is 3.54. The number of primary amides is 1. The number of nitrogens with two attached hydrogens (primary N) is 1. The molecule has 2 aromatic carbocycles. The van der Waals surface area contributed by atoms with Crippen LogP contribution in [-0.4, -0.2) is 21.6 Å². The zero-order valence-electron chi connectivity index (χ0n) is 16.3. The lowest BCUT2D eigenvalue weighted by Gasteiger charge is -2.10. The number of hydrogen-bond acceptors (Lipinski definition) is 3. The van der Waals surface area contributed by atoms with E-state index in [1.165, 1.54) is 13.0 Å². The molecule has 148 valence electrons. The van der Waals surface area contributed by atoms with Gasteiger partial charge < -0.3 is 11.1 Å². The van der Waals surface area contributed by atoms with Gasteiger partial charge in [-0.3, -0.25) is 9.59 Å². The average Bonchev–Trinajstić information content (AvgIpc) is 3.28. The molecule has 0 fully saturated rings. The van der Waals surface area contributed by atoms with Gasteiger partial charge in [0.2, 0.25) is 5.91 Å². The fourth-order valence-corrected chi connectivity index (χ4v) is 3.65. The van der Waals surface area contributed by atoms with Crippen LogP contribution in [0.1, 0.15) is 49.7 Å². The van der Waals surface area contributed by atoms with Gasteiger partial charge >= 0.3 is 0 Å². The first kappa shape index (κ1) is 18.9. The van der Waals surface area contributed by atoms with Gasteiger partial charge in [0, 0.05) is 28.1 Å². The fourth-order valence-electron chi connectivity index (χ4n) is 3.65. The van der Waals surface area contributed by atoms with Gasteiger partial charge in [0.15, 0.2) is 5.69 Å². The maximum absolute atomic E-state index is 14.2. The standard InChI is InChI=1S/C22H21FN4O2/c1-12-6-8-15(9-7-12)27-19-5-3-4-16(19)20(26-27)22(29)25-18-11-14(21(24)28)10-17(23)13(18)2/h6-11H,3-5H2,1-2H3,(H2,24,28)(H,25,29). The van der Waals surface area contributed by atoms with E-state index >= 15 is 0 Å². The second-order valence-corrected chi connectivity index (χ2v) is 7.32. The summed E-state index contributed by atoms with van der Waals surface area (Å²) in [5, 5.41) is 7.26. The van der Waals surface area contributed by atoms with E-state index in [2.05, 4.69) is 10.4 Å². The molecule has 1 aliphatic rings. The molecule has 0 bridgehead atoms. The minimum Gasteiger partial charge on any atom is -0.366 e. The molecule has 29 heavy (non-hydrogen) atoms. The van der Waals surface area contributed by atoms with Crippen LogP contribution in [0, 0.1) is 19.7 Å². The number of fused-ring (bicyclic) bond motifs is 1. The van der Waals surface area contributed by atoms with Gasteiger partial charge in [-0.2, -0.15) is 5.10 Å². The van der Waals surface area contributed by atoms with Gasteiger partial charge in [-0.1, -0.05) is 17.7 Å². The van der Waals surface area contributed by atoms with Gasteiger partial charge in [-0.15, -0.1) is 0 Å². The molecule has 4 rings (SSSR count). The van der Waals surface area contributed by atoms with Crippen molar-refractivity contribution in [1.82, 2.24) is 9.78 Å². The summed E-state index contributed by atoms with van der Waals surface area (Å²) in [6, 6.07) is 10.4. The van der Waals surface area contributed by atoms with Gasteiger partial charge in [0.1, 0.15) is 5.82 Å². The number of benzene rings is 2. The smallest absolute Gasteiger partial charge is 0.276 e. The highest BCUT2D eigenvalue weighted by Crippen LogP contribution is 2.29. The quantitative estimate of drug-likeness (QED) is 0.712. The molecule has 0 radical (unpaired) electrons. The molecule has 3 N–H and O–H groups in total. The summed E-state index contributed by atoms with van der Waals surface area (Å²) < 4.78 is 16.0. The molecule has 0 unspecified atom stereocenters. The van der Waals surface area contributed by atoms with Crippen molar-refractivity contribution in [2.24, 2.45) is 5.73 Å². The van der Waals surface area contributed by atoms with E-state index in [1.54, 1.807) is 0 Å². The van der Waals surface area contributed by atoms with Crippen molar-refractivity contribution < 1.29 is 14.0 Å². The molecule has 1 aromatic heterocycles. The van der Waals surface area contributed by atoms with Crippen LogP contribution in [0.3, 0.4) is 0 Å². The van der Waals surface area contributed by atoms with Crippen LogP contribution in [-0.2, 0) is 12.8 Å². The lowest BCUT2D eigenvalue weighted by molar-refractivity contribution is 0.0994. The molecule has 1 aliphatic carbocycles. The number of rotatable bonds is 4. The predicted molar refractivity (Wildman–Crippen MR) is 108 cm³/mol. The van der Waals surface area contributed by atoms with Crippen LogP contribution in [0.15, 0.2) is 36.4 Å². The number of carbonyl (C=O) groups excluding carboxylic acids is 2. The molecule has 0 spiro atoms. The van der Waals surface area contributed by atoms with Crippen LogP contribution in [0.25, 0.3) is 5.69 Å². The Bertz CT molecular complexity index is 1130. The van der Waals surface area contributed by atoms with Gasteiger partial charge in [0.05, 0.1) is 5.69 Å². The van der Waals surface area contributed by atoms with Gasteiger partial charge in [-0.25, -0.2) is 9.07 Å². The SMILES string of the molecule is Cc1ccc(-n2nc(C(=O)Nc3cc(C(N)=O)cc(F)c3C)c3c2CCC3)cc1. The Morgan fingerprint density at radius 1 is 1.14 bits per heavy atom. The summed E-state index contributed by atoms with van der Waals surface area (Å²) in [5.41, 5.74) is 9.99. The molecular formula is C22H21FN4O2. The van der Waals surface area contributed by atoms with Gasteiger partial charge in [-0.05, 0) is 57.4 Å². The second-order valence-electron chi connectivity index (χ2n) is 7.32. The third-order valence-corrected chi connectivity index (χ3v) is 5.30. The summed E-state index contributed by atoms with van der Waals surface area (Å²) in [5.74, 6) is -1.80. The topological polar surface area (TPSA) is 90.0 Å². The predicted octanol–water partition coefficient (Wildman–Crippen LogP) is 3.47. The molecule has 0 saturated carbocycles. The van der Waals surface area contributed by atoms with Crippen molar-refractivity contribution in [3.8, 4) is 5.69 Å². The summed E-state index contributed by atoms with van der Waals surface area (Å²) in [7, 11) is 0. The number of aryl methyl sites for hydroxylation is 1. The molecular weight excluding hydrogens is 371 g/mol. The van der Waals surface area contributed by atoms with E-state index in [4.69, 9.17) is 5.73 Å². The highest BCUT2D eigenvalue weighted by Gasteiger charge is 2.27. The van der Waals surface area contributed by atoms with E-state index in [1.807, 2.05) is 35.9 Å². The number of nitrogens with zero attached hydrogens (tertiary/aromatic N) is 2. The third-order valence-electron chi connectivity index (χ3n) is 5.30. The zero-order valence-corrected chi connectivity index (χ0v) is 16.3. The lowest BCUT2D eigenvalue weighted by Crippen LogP contribution is -2.18. The number of anilines is 1. The second kappa shape index (κ2) is 7.16. The minimum absolute atomic E-state index is 0.00110. The average molecular weight is 392 g/mol. The Morgan fingerprint density at radius 3 is 2.55 bits per heavy atom. The summed E-state index contributed by atoms with van der Waals surface area (Å²) in [4.78, 5) is 24.4. The lowest BCUT2D eigenvalue weighted by atomic mass is 10.1. The molecule has 7 heteroatoms. The first-order chi connectivity index (χ1) is 13.8. The number of amides is 2. The molecule has 0 saturated heterocycles. The van der Waals surface area contributed by atoms with Crippen LogP contribution in [0.2, 0.25) is 0 Å². The molecule has 1 heterocycles. The Hall–Kier alpha value is -3.48. The Kier molecular flexibility index (Phi) is 4.66. The van der Waals surface area contributed by atoms with Crippen molar-refractivity contribution in [2.75, 3.05) is 5.32 Å². The van der Waals surface area contributed by atoms with Gasteiger partial charge in [0.25, 0.3) is 5.91 Å². The highest BCUT2D eigenvalue weighted by atomic mass is 19.1. The number of aromatic nitrogens is 2. The normalized spacial score (nSPS) is 12.7. The molecule has 0 atom stereocenters. The van der Waals surface area contributed by atoms with E-state index in [-0.39, 0.29) is 16.8 Å². The van der Waals surface area contributed by atoms with Crippen LogP contribution >= 0.6 is 0 Å². The fraction of sp³-hybridized carbons (Fsp3) is 0.227. The van der Waals surface area contributed by atoms with Crippen LogP contribution in [0.4, 0.5) is 10.1 Å². The molecule has 6 nitrogen and oxygen atoms in total. The Balaban J connectivity index is 1.71. The molecule has 3 aromatic rings. The number of carbonyl (C=O) groups is 2. The third kappa shape index (κ3) is 3.40. The first-order valence-corrected chi connectivity index (χ1v) is 9.44. The molecule has 0 aliphatic heterocycles. The summed E-state index contributed by atoms with van der Waals surface area (Å²) in [6.07, 6.45) is 2.55. The number of hydrogen-bond donors (Lipinski definition) is 2. The van der Waals surface area contributed by atoms with E-state index in [9.17, 15) is 14.0 Å². The van der Waals surface area contributed by atoms with Crippen molar-refractivity contribution in [2.45, 2.75) is 33.1 Å². The van der Waals surface area contributed by atoms with E-state index in [0.717, 1.165) is 47.8 Å².